The van der Waals surface area contributed by atoms with Crippen molar-refractivity contribution in [2.45, 2.75) is 26.8 Å². The summed E-state index contributed by atoms with van der Waals surface area (Å²) in [5, 5.41) is 2.57. The third-order valence-electron chi connectivity index (χ3n) is 2.81. The average molecular weight is 265 g/mol. The molecule has 0 saturated carbocycles. The molecule has 0 radical (unpaired) electrons. The van der Waals surface area contributed by atoms with E-state index in [2.05, 4.69) is 10.3 Å². The van der Waals surface area contributed by atoms with E-state index in [0.717, 1.165) is 0 Å². The maximum atomic E-state index is 12.0. The molecule has 0 fully saturated rings. The van der Waals surface area contributed by atoms with Gasteiger partial charge in [0.15, 0.2) is 0 Å². The van der Waals surface area contributed by atoms with Crippen molar-refractivity contribution in [2.24, 2.45) is 0 Å². The van der Waals surface area contributed by atoms with Gasteiger partial charge in [0, 0.05) is 19.2 Å². The van der Waals surface area contributed by atoms with E-state index < -0.39 is 11.9 Å². The first-order chi connectivity index (χ1) is 8.99. The van der Waals surface area contributed by atoms with E-state index in [4.69, 9.17) is 0 Å². The molecule has 0 saturated heterocycles. The van der Waals surface area contributed by atoms with E-state index in [9.17, 15) is 14.4 Å². The Morgan fingerprint density at radius 2 is 1.95 bits per heavy atom. The molecule has 2 N–H and O–H groups in total. The molecule has 1 unspecified atom stereocenters. The van der Waals surface area contributed by atoms with Gasteiger partial charge in [0.05, 0.1) is 0 Å². The van der Waals surface area contributed by atoms with Crippen molar-refractivity contribution in [3.8, 4) is 0 Å². The Kier molecular flexibility index (Phi) is 5.29. The molecule has 1 heterocycles. The smallest absolute Gasteiger partial charge is 0.268 e. The van der Waals surface area contributed by atoms with Gasteiger partial charge in [-0.15, -0.1) is 0 Å². The van der Waals surface area contributed by atoms with Gasteiger partial charge in [-0.2, -0.15) is 0 Å². The van der Waals surface area contributed by atoms with Crippen LogP contribution in [0.4, 0.5) is 0 Å². The second kappa shape index (κ2) is 6.72. The van der Waals surface area contributed by atoms with Crippen LogP contribution in [0.2, 0.25) is 0 Å². The predicted octanol–water partition coefficient (Wildman–Crippen LogP) is 0.362. The number of carbonyl (C=O) groups is 2. The first-order valence-electron chi connectivity index (χ1n) is 6.28. The Bertz CT molecular complexity index is 506. The topological polar surface area (TPSA) is 82.3 Å². The monoisotopic (exact) mass is 265 g/mol. The summed E-state index contributed by atoms with van der Waals surface area (Å²) in [6.45, 7) is 6.57. The summed E-state index contributed by atoms with van der Waals surface area (Å²) in [6, 6.07) is 3.67. The highest BCUT2D eigenvalue weighted by atomic mass is 16.2. The number of carbonyl (C=O) groups excluding carboxylic acids is 2. The van der Waals surface area contributed by atoms with Crippen molar-refractivity contribution in [1.29, 1.82) is 0 Å². The van der Waals surface area contributed by atoms with Crippen molar-refractivity contribution in [1.82, 2.24) is 15.2 Å². The summed E-state index contributed by atoms with van der Waals surface area (Å²) in [7, 11) is 0. The van der Waals surface area contributed by atoms with Gasteiger partial charge >= 0.3 is 0 Å². The van der Waals surface area contributed by atoms with Gasteiger partial charge in [-0.05, 0) is 26.8 Å². The molecule has 1 atom stereocenters. The van der Waals surface area contributed by atoms with E-state index >= 15 is 0 Å². The number of aromatic amines is 1. The fourth-order valence-corrected chi connectivity index (χ4v) is 1.73. The molecular weight excluding hydrogens is 246 g/mol. The number of pyridine rings is 1. The zero-order valence-corrected chi connectivity index (χ0v) is 11.4. The third kappa shape index (κ3) is 3.94. The van der Waals surface area contributed by atoms with Crippen LogP contribution < -0.4 is 10.9 Å². The van der Waals surface area contributed by atoms with E-state index in [-0.39, 0.29) is 17.2 Å². The zero-order valence-electron chi connectivity index (χ0n) is 11.4. The molecule has 19 heavy (non-hydrogen) atoms. The van der Waals surface area contributed by atoms with Crippen molar-refractivity contribution < 1.29 is 9.59 Å². The number of nitrogens with one attached hydrogen (secondary N) is 2. The van der Waals surface area contributed by atoms with Gasteiger partial charge in [-0.3, -0.25) is 14.4 Å². The van der Waals surface area contributed by atoms with Gasteiger partial charge in [0.1, 0.15) is 11.7 Å². The molecule has 0 aliphatic heterocycles. The quantitative estimate of drug-likeness (QED) is 0.806. The summed E-state index contributed by atoms with van der Waals surface area (Å²) in [5.74, 6) is -0.609. The van der Waals surface area contributed by atoms with Crippen LogP contribution in [-0.4, -0.2) is 40.8 Å². The lowest BCUT2D eigenvalue weighted by Crippen LogP contribution is -2.47. The summed E-state index contributed by atoms with van der Waals surface area (Å²) < 4.78 is 0. The lowest BCUT2D eigenvalue weighted by Gasteiger charge is -2.23. The van der Waals surface area contributed by atoms with Crippen LogP contribution in [0.15, 0.2) is 23.0 Å². The Morgan fingerprint density at radius 3 is 2.47 bits per heavy atom. The Hall–Kier alpha value is -2.11. The van der Waals surface area contributed by atoms with E-state index in [1.165, 1.54) is 18.2 Å². The second-order valence-corrected chi connectivity index (χ2v) is 4.13. The normalized spacial score (nSPS) is 11.7. The number of hydrogen-bond acceptors (Lipinski definition) is 3. The van der Waals surface area contributed by atoms with Crippen LogP contribution in [0.1, 0.15) is 31.3 Å². The molecule has 0 bridgehead atoms. The number of H-pyrrole nitrogens is 1. The molecule has 0 aliphatic rings. The highest BCUT2D eigenvalue weighted by Gasteiger charge is 2.20. The van der Waals surface area contributed by atoms with Gasteiger partial charge in [0.25, 0.3) is 5.91 Å². The zero-order chi connectivity index (χ0) is 14.4. The Labute approximate surface area is 111 Å². The maximum Gasteiger partial charge on any atom is 0.268 e. The molecular formula is C13H19N3O3. The van der Waals surface area contributed by atoms with E-state index in [1.807, 2.05) is 13.8 Å². The Balaban J connectivity index is 2.71. The van der Waals surface area contributed by atoms with Crippen molar-refractivity contribution >= 4 is 11.8 Å². The minimum atomic E-state index is -0.629. The highest BCUT2D eigenvalue weighted by molar-refractivity contribution is 5.95. The minimum Gasteiger partial charge on any atom is -0.341 e. The fourth-order valence-electron chi connectivity index (χ4n) is 1.73. The summed E-state index contributed by atoms with van der Waals surface area (Å²) in [5.41, 5.74) is -0.206. The van der Waals surface area contributed by atoms with Gasteiger partial charge in [-0.1, -0.05) is 6.07 Å². The highest BCUT2D eigenvalue weighted by Crippen LogP contribution is 1.97. The number of nitrogens with zero attached hydrogens (tertiary/aromatic N) is 1. The van der Waals surface area contributed by atoms with Crippen LogP contribution in [0.25, 0.3) is 0 Å². The van der Waals surface area contributed by atoms with E-state index in [0.29, 0.717) is 13.1 Å². The van der Waals surface area contributed by atoms with Crippen molar-refractivity contribution in [3.05, 3.63) is 34.2 Å². The van der Waals surface area contributed by atoms with Crippen LogP contribution >= 0.6 is 0 Å². The third-order valence-corrected chi connectivity index (χ3v) is 2.81. The molecule has 1 aromatic rings. The van der Waals surface area contributed by atoms with E-state index in [1.54, 1.807) is 11.8 Å². The molecule has 6 nitrogen and oxygen atoms in total. The summed E-state index contributed by atoms with van der Waals surface area (Å²) in [6.07, 6.45) is 0. The average Bonchev–Trinajstić information content (AvgIpc) is 2.39. The first-order valence-corrected chi connectivity index (χ1v) is 6.28. The molecule has 6 heteroatoms. The summed E-state index contributed by atoms with van der Waals surface area (Å²) in [4.78, 5) is 39.0. The first kappa shape index (κ1) is 14.9. The molecule has 0 spiro atoms. The Morgan fingerprint density at radius 1 is 1.32 bits per heavy atom. The van der Waals surface area contributed by atoms with Crippen molar-refractivity contribution in [3.63, 3.8) is 0 Å². The van der Waals surface area contributed by atoms with Crippen LogP contribution in [0, 0.1) is 0 Å². The predicted molar refractivity (Wildman–Crippen MR) is 71.9 cm³/mol. The van der Waals surface area contributed by atoms with Crippen LogP contribution in [0.5, 0.6) is 0 Å². The molecule has 104 valence electrons. The molecule has 1 rings (SSSR count). The lowest BCUT2D eigenvalue weighted by molar-refractivity contribution is -0.132. The maximum absolute atomic E-state index is 12.0. The minimum absolute atomic E-state index is 0.142. The summed E-state index contributed by atoms with van der Waals surface area (Å²) >= 11 is 0. The standard InChI is InChI=1S/C13H19N3O3/c1-4-16(5-2)13(19)9(3)14-12(18)10-7-6-8-11(17)15-10/h6-9H,4-5H2,1-3H3,(H,14,18)(H,15,17). The van der Waals surface area contributed by atoms with Crippen molar-refractivity contribution in [2.75, 3.05) is 13.1 Å². The second-order valence-electron chi connectivity index (χ2n) is 4.13. The molecule has 1 aromatic heterocycles. The molecule has 0 aromatic carbocycles. The van der Waals surface area contributed by atoms with Crippen LogP contribution in [-0.2, 0) is 4.79 Å². The number of aromatic nitrogens is 1. The number of amides is 2. The number of likely N-dealkylation sites (N-methyl/N-ethyl adjacent to an activating group) is 1. The SMILES string of the molecule is CCN(CC)C(=O)C(C)NC(=O)c1cccc(=O)[nH]1. The van der Waals surface area contributed by atoms with Gasteiger partial charge in [-0.25, -0.2) is 0 Å². The number of hydrogen-bond donors (Lipinski definition) is 2. The largest absolute Gasteiger partial charge is 0.341 e. The van der Waals surface area contributed by atoms with Gasteiger partial charge < -0.3 is 15.2 Å². The number of rotatable bonds is 5. The van der Waals surface area contributed by atoms with Gasteiger partial charge in [0.2, 0.25) is 11.5 Å². The lowest BCUT2D eigenvalue weighted by atomic mass is 10.2. The van der Waals surface area contributed by atoms with Crippen LogP contribution in [0.3, 0.4) is 0 Å². The molecule has 2 amide bonds. The molecule has 0 aliphatic carbocycles. The fraction of sp³-hybridized carbons (Fsp3) is 0.462.